The lowest BCUT2D eigenvalue weighted by Crippen LogP contribution is -2.49. The van der Waals surface area contributed by atoms with E-state index < -0.39 is 17.7 Å². The number of aliphatic carboxylic acids is 1. The van der Waals surface area contributed by atoms with Crippen LogP contribution < -0.4 is 5.32 Å². The summed E-state index contributed by atoms with van der Waals surface area (Å²) in [5, 5.41) is 11.7. The van der Waals surface area contributed by atoms with Crippen LogP contribution in [0.3, 0.4) is 0 Å². The number of alkyl halides is 1. The minimum Gasteiger partial charge on any atom is -0.480 e. The summed E-state index contributed by atoms with van der Waals surface area (Å²) >= 11 is 0. The van der Waals surface area contributed by atoms with E-state index in [4.69, 9.17) is 5.11 Å². The monoisotopic (exact) mass is 215 g/mol. The zero-order valence-electron chi connectivity index (χ0n) is 8.84. The summed E-state index contributed by atoms with van der Waals surface area (Å²) in [6, 6.07) is -0.692. The SMILES string of the molecule is O=C(O)C1CC(F)(CCC2CC2)CCN1. The molecule has 0 aromatic heterocycles. The van der Waals surface area contributed by atoms with Crippen LogP contribution in [0.5, 0.6) is 0 Å². The number of halogens is 1. The van der Waals surface area contributed by atoms with Gasteiger partial charge in [0, 0.05) is 6.42 Å². The van der Waals surface area contributed by atoms with Gasteiger partial charge in [-0.05, 0) is 31.7 Å². The molecule has 15 heavy (non-hydrogen) atoms. The van der Waals surface area contributed by atoms with Crippen LogP contribution >= 0.6 is 0 Å². The summed E-state index contributed by atoms with van der Waals surface area (Å²) in [6.45, 7) is 0.484. The molecule has 1 aliphatic carbocycles. The average Bonchev–Trinajstić information content (AvgIpc) is 2.98. The van der Waals surface area contributed by atoms with E-state index in [0.29, 0.717) is 19.4 Å². The number of carbonyl (C=O) groups is 1. The molecule has 2 rings (SSSR count). The fourth-order valence-corrected chi connectivity index (χ4v) is 2.28. The van der Waals surface area contributed by atoms with Crippen molar-refractivity contribution in [1.82, 2.24) is 5.32 Å². The second-order valence-corrected chi connectivity index (χ2v) is 4.93. The zero-order valence-corrected chi connectivity index (χ0v) is 8.84. The number of hydrogen-bond acceptors (Lipinski definition) is 2. The summed E-state index contributed by atoms with van der Waals surface area (Å²) < 4.78 is 14.3. The third kappa shape index (κ3) is 2.91. The summed E-state index contributed by atoms with van der Waals surface area (Å²) in [5.41, 5.74) is -1.24. The molecule has 1 saturated carbocycles. The Balaban J connectivity index is 1.85. The number of hydrogen-bond donors (Lipinski definition) is 2. The van der Waals surface area contributed by atoms with Crippen LogP contribution in [0.15, 0.2) is 0 Å². The van der Waals surface area contributed by atoms with Crippen molar-refractivity contribution in [3.05, 3.63) is 0 Å². The molecule has 1 aliphatic heterocycles. The molecule has 0 aromatic rings. The highest BCUT2D eigenvalue weighted by Crippen LogP contribution is 2.39. The molecule has 2 atom stereocenters. The minimum absolute atomic E-state index is 0.134. The number of rotatable bonds is 4. The molecule has 4 heteroatoms. The van der Waals surface area contributed by atoms with E-state index >= 15 is 0 Å². The highest BCUT2D eigenvalue weighted by molar-refractivity contribution is 5.73. The van der Waals surface area contributed by atoms with Crippen LogP contribution in [-0.4, -0.2) is 29.3 Å². The van der Waals surface area contributed by atoms with Gasteiger partial charge in [-0.25, -0.2) is 4.39 Å². The largest absolute Gasteiger partial charge is 0.480 e. The van der Waals surface area contributed by atoms with Gasteiger partial charge in [-0.3, -0.25) is 4.79 Å². The smallest absolute Gasteiger partial charge is 0.320 e. The summed E-state index contributed by atoms with van der Waals surface area (Å²) in [5.74, 6) is -0.209. The molecule has 2 unspecified atom stereocenters. The highest BCUT2D eigenvalue weighted by atomic mass is 19.1. The molecule has 2 N–H and O–H groups in total. The molecule has 1 heterocycles. The molecule has 2 fully saturated rings. The Morgan fingerprint density at radius 3 is 2.87 bits per heavy atom. The molecular formula is C11H18FNO2. The maximum Gasteiger partial charge on any atom is 0.320 e. The molecule has 0 bridgehead atoms. The second kappa shape index (κ2) is 4.08. The number of carboxylic acids is 1. The Kier molecular flexibility index (Phi) is 2.96. The summed E-state index contributed by atoms with van der Waals surface area (Å²) in [6.07, 6.45) is 4.54. The van der Waals surface area contributed by atoms with Gasteiger partial charge in [-0.15, -0.1) is 0 Å². The van der Waals surface area contributed by atoms with Crippen LogP contribution in [0.4, 0.5) is 4.39 Å². The standard InChI is InChI=1S/C11H18FNO2/c12-11(4-3-8-1-2-8)5-6-13-9(7-11)10(14)15/h8-9,13H,1-7H2,(H,14,15). The quantitative estimate of drug-likeness (QED) is 0.750. The van der Waals surface area contributed by atoms with Crippen LogP contribution in [-0.2, 0) is 4.79 Å². The van der Waals surface area contributed by atoms with Gasteiger partial charge in [-0.2, -0.15) is 0 Å². The van der Waals surface area contributed by atoms with Gasteiger partial charge in [0.2, 0.25) is 0 Å². The molecule has 86 valence electrons. The third-order valence-electron chi connectivity index (χ3n) is 3.53. The lowest BCUT2D eigenvalue weighted by Gasteiger charge is -2.33. The predicted molar refractivity (Wildman–Crippen MR) is 54.5 cm³/mol. The van der Waals surface area contributed by atoms with Gasteiger partial charge >= 0.3 is 5.97 Å². The normalized spacial score (nSPS) is 36.5. The lowest BCUT2D eigenvalue weighted by atomic mass is 9.85. The van der Waals surface area contributed by atoms with Gasteiger partial charge in [0.15, 0.2) is 0 Å². The van der Waals surface area contributed by atoms with Crippen molar-refractivity contribution in [2.24, 2.45) is 5.92 Å². The molecule has 2 aliphatic rings. The van der Waals surface area contributed by atoms with Crippen molar-refractivity contribution in [1.29, 1.82) is 0 Å². The van der Waals surface area contributed by atoms with Gasteiger partial charge in [0.25, 0.3) is 0 Å². The Hall–Kier alpha value is -0.640. The fraction of sp³-hybridized carbons (Fsp3) is 0.909. The summed E-state index contributed by atoms with van der Waals surface area (Å²) in [7, 11) is 0. The Morgan fingerprint density at radius 2 is 2.27 bits per heavy atom. The van der Waals surface area contributed by atoms with E-state index in [0.717, 1.165) is 12.3 Å². The van der Waals surface area contributed by atoms with Gasteiger partial charge in [-0.1, -0.05) is 12.8 Å². The Bertz CT molecular complexity index is 255. The van der Waals surface area contributed by atoms with Crippen LogP contribution in [0.25, 0.3) is 0 Å². The van der Waals surface area contributed by atoms with Gasteiger partial charge in [0.1, 0.15) is 11.7 Å². The molecule has 0 aromatic carbocycles. The molecule has 0 spiro atoms. The average molecular weight is 215 g/mol. The van der Waals surface area contributed by atoms with Crippen molar-refractivity contribution < 1.29 is 14.3 Å². The Morgan fingerprint density at radius 1 is 1.53 bits per heavy atom. The number of nitrogens with one attached hydrogen (secondary N) is 1. The zero-order chi connectivity index (χ0) is 10.9. The maximum atomic E-state index is 14.3. The van der Waals surface area contributed by atoms with Crippen molar-refractivity contribution in [2.75, 3.05) is 6.54 Å². The first-order valence-electron chi connectivity index (χ1n) is 5.74. The summed E-state index contributed by atoms with van der Waals surface area (Å²) in [4.78, 5) is 10.8. The van der Waals surface area contributed by atoms with Crippen molar-refractivity contribution in [3.63, 3.8) is 0 Å². The van der Waals surface area contributed by atoms with Gasteiger partial charge in [0.05, 0.1) is 0 Å². The molecule has 0 radical (unpaired) electrons. The molecule has 1 saturated heterocycles. The lowest BCUT2D eigenvalue weighted by molar-refractivity contribution is -0.141. The first-order valence-corrected chi connectivity index (χ1v) is 5.74. The number of carboxylic acid groups (broad SMARTS) is 1. The van der Waals surface area contributed by atoms with Crippen LogP contribution in [0.2, 0.25) is 0 Å². The topological polar surface area (TPSA) is 49.3 Å². The van der Waals surface area contributed by atoms with Crippen molar-refractivity contribution in [3.8, 4) is 0 Å². The molecular weight excluding hydrogens is 197 g/mol. The first kappa shape index (κ1) is 10.9. The first-order chi connectivity index (χ1) is 7.09. The Labute approximate surface area is 89.0 Å². The van der Waals surface area contributed by atoms with Crippen molar-refractivity contribution in [2.45, 2.75) is 50.2 Å². The highest BCUT2D eigenvalue weighted by Gasteiger charge is 2.39. The van der Waals surface area contributed by atoms with Crippen LogP contribution in [0, 0.1) is 5.92 Å². The molecule has 0 amide bonds. The predicted octanol–water partition coefficient (Wildman–Crippen LogP) is 1.72. The van der Waals surface area contributed by atoms with E-state index in [-0.39, 0.29) is 6.42 Å². The fourth-order valence-electron chi connectivity index (χ4n) is 2.28. The maximum absolute atomic E-state index is 14.3. The van der Waals surface area contributed by atoms with E-state index in [2.05, 4.69) is 5.32 Å². The number of piperidine rings is 1. The van der Waals surface area contributed by atoms with Crippen LogP contribution in [0.1, 0.15) is 38.5 Å². The van der Waals surface area contributed by atoms with E-state index in [1.165, 1.54) is 12.8 Å². The molecule has 3 nitrogen and oxygen atoms in total. The van der Waals surface area contributed by atoms with Crippen molar-refractivity contribution >= 4 is 5.97 Å². The van der Waals surface area contributed by atoms with E-state index in [1.54, 1.807) is 0 Å². The minimum atomic E-state index is -1.24. The third-order valence-corrected chi connectivity index (χ3v) is 3.53. The van der Waals surface area contributed by atoms with E-state index in [9.17, 15) is 9.18 Å². The van der Waals surface area contributed by atoms with E-state index in [1.807, 2.05) is 0 Å². The van der Waals surface area contributed by atoms with Gasteiger partial charge < -0.3 is 10.4 Å². The second-order valence-electron chi connectivity index (χ2n) is 4.93.